The Bertz CT molecular complexity index is 858. The van der Waals surface area contributed by atoms with Gasteiger partial charge in [-0.05, 0) is 54.0 Å². The molecule has 0 saturated heterocycles. The molecule has 1 amide bonds. The van der Waals surface area contributed by atoms with Crippen LogP contribution in [0.15, 0.2) is 39.9 Å². The third-order valence-electron chi connectivity index (χ3n) is 4.22. The predicted molar refractivity (Wildman–Crippen MR) is 102 cm³/mol. The van der Waals surface area contributed by atoms with Crippen LogP contribution in [0.2, 0.25) is 0 Å². The van der Waals surface area contributed by atoms with E-state index in [0.717, 1.165) is 17.7 Å². The predicted octanol–water partition coefficient (Wildman–Crippen LogP) is 3.87. The maximum absolute atomic E-state index is 12.4. The first-order valence-corrected chi connectivity index (χ1v) is 10.7. The SMILES string of the molecule is CC(C)CCN1C(=O)CCc2cc(NS(=O)(=O)c3cccs3)ccc21. The van der Waals surface area contributed by atoms with Gasteiger partial charge in [0.25, 0.3) is 10.0 Å². The summed E-state index contributed by atoms with van der Waals surface area (Å²) in [4.78, 5) is 14.1. The summed E-state index contributed by atoms with van der Waals surface area (Å²) in [5.74, 6) is 0.662. The molecule has 0 saturated carbocycles. The lowest BCUT2D eigenvalue weighted by Crippen LogP contribution is -2.36. The molecule has 1 aromatic heterocycles. The number of amides is 1. The van der Waals surface area contributed by atoms with Gasteiger partial charge < -0.3 is 4.90 Å². The molecule has 0 radical (unpaired) electrons. The number of nitrogens with one attached hydrogen (secondary N) is 1. The average molecular weight is 379 g/mol. The van der Waals surface area contributed by atoms with Crippen LogP contribution in [0.5, 0.6) is 0 Å². The topological polar surface area (TPSA) is 66.5 Å². The molecule has 0 fully saturated rings. The molecule has 0 bridgehead atoms. The summed E-state index contributed by atoms with van der Waals surface area (Å²) in [6.45, 7) is 4.97. The smallest absolute Gasteiger partial charge is 0.271 e. The van der Waals surface area contributed by atoms with Crippen LogP contribution in [0.1, 0.15) is 32.3 Å². The van der Waals surface area contributed by atoms with Crippen LogP contribution in [-0.4, -0.2) is 20.9 Å². The Hall–Kier alpha value is -1.86. The molecule has 1 aromatic carbocycles. The van der Waals surface area contributed by atoms with Crippen molar-refractivity contribution >= 4 is 38.6 Å². The molecule has 134 valence electrons. The lowest BCUT2D eigenvalue weighted by atomic mass is 9.99. The highest BCUT2D eigenvalue weighted by atomic mass is 32.2. The Labute approximate surface area is 152 Å². The van der Waals surface area contributed by atoms with Crippen molar-refractivity contribution in [2.24, 2.45) is 5.92 Å². The fourth-order valence-corrected chi connectivity index (χ4v) is 4.92. The number of nitrogens with zero attached hydrogens (tertiary/aromatic N) is 1. The second-order valence-electron chi connectivity index (χ2n) is 6.61. The van der Waals surface area contributed by atoms with Gasteiger partial charge in [0.15, 0.2) is 0 Å². The molecule has 7 heteroatoms. The summed E-state index contributed by atoms with van der Waals surface area (Å²) in [5.41, 5.74) is 2.44. The van der Waals surface area contributed by atoms with E-state index >= 15 is 0 Å². The van der Waals surface area contributed by atoms with Gasteiger partial charge in [0, 0.05) is 24.3 Å². The van der Waals surface area contributed by atoms with Crippen LogP contribution < -0.4 is 9.62 Å². The zero-order valence-electron chi connectivity index (χ0n) is 14.4. The van der Waals surface area contributed by atoms with E-state index in [1.54, 1.807) is 23.6 Å². The third kappa shape index (κ3) is 4.04. The van der Waals surface area contributed by atoms with Gasteiger partial charge >= 0.3 is 0 Å². The van der Waals surface area contributed by atoms with Crippen LogP contribution >= 0.6 is 11.3 Å². The summed E-state index contributed by atoms with van der Waals surface area (Å²) in [5, 5.41) is 1.74. The van der Waals surface area contributed by atoms with Crippen molar-refractivity contribution in [1.82, 2.24) is 0 Å². The van der Waals surface area contributed by atoms with Gasteiger partial charge in [-0.15, -0.1) is 11.3 Å². The van der Waals surface area contributed by atoms with Crippen LogP contribution in [-0.2, 0) is 21.2 Å². The zero-order chi connectivity index (χ0) is 18.0. The normalized spacial score (nSPS) is 14.7. The van der Waals surface area contributed by atoms with E-state index in [9.17, 15) is 13.2 Å². The summed E-state index contributed by atoms with van der Waals surface area (Å²) in [6, 6.07) is 8.71. The number of hydrogen-bond donors (Lipinski definition) is 1. The lowest BCUT2D eigenvalue weighted by molar-refractivity contribution is -0.118. The Morgan fingerprint density at radius 1 is 1.24 bits per heavy atom. The van der Waals surface area contributed by atoms with Crippen LogP contribution in [0, 0.1) is 5.92 Å². The number of anilines is 2. The van der Waals surface area contributed by atoms with E-state index in [1.165, 1.54) is 11.3 Å². The van der Waals surface area contributed by atoms with Crippen LogP contribution in [0.4, 0.5) is 11.4 Å². The maximum atomic E-state index is 12.4. The van der Waals surface area contributed by atoms with Crippen molar-refractivity contribution < 1.29 is 13.2 Å². The first kappa shape index (κ1) is 17.9. The van der Waals surface area contributed by atoms with Gasteiger partial charge in [-0.2, -0.15) is 0 Å². The Morgan fingerprint density at radius 2 is 2.04 bits per heavy atom. The minimum absolute atomic E-state index is 0.139. The average Bonchev–Trinajstić information content (AvgIpc) is 3.09. The van der Waals surface area contributed by atoms with E-state index in [2.05, 4.69) is 18.6 Å². The molecule has 0 unspecified atom stereocenters. The molecule has 0 aliphatic carbocycles. The summed E-state index contributed by atoms with van der Waals surface area (Å²) >= 11 is 1.18. The van der Waals surface area contributed by atoms with Gasteiger partial charge in [-0.25, -0.2) is 8.42 Å². The van der Waals surface area contributed by atoms with Gasteiger partial charge in [0.05, 0.1) is 0 Å². The van der Waals surface area contributed by atoms with E-state index in [1.807, 2.05) is 17.0 Å². The quantitative estimate of drug-likeness (QED) is 0.830. The van der Waals surface area contributed by atoms with Crippen molar-refractivity contribution in [3.05, 3.63) is 41.3 Å². The molecule has 0 atom stereocenters. The molecule has 2 aromatic rings. The van der Waals surface area contributed by atoms with Gasteiger partial charge in [0.1, 0.15) is 4.21 Å². The second kappa shape index (κ2) is 7.17. The summed E-state index contributed by atoms with van der Waals surface area (Å²) in [7, 11) is -3.55. The number of thiophene rings is 1. The number of aryl methyl sites for hydroxylation is 1. The zero-order valence-corrected chi connectivity index (χ0v) is 16.0. The molecule has 3 rings (SSSR count). The van der Waals surface area contributed by atoms with Crippen molar-refractivity contribution in [3.8, 4) is 0 Å². The molecule has 25 heavy (non-hydrogen) atoms. The summed E-state index contributed by atoms with van der Waals surface area (Å²) in [6.07, 6.45) is 2.05. The molecule has 5 nitrogen and oxygen atoms in total. The van der Waals surface area contributed by atoms with Gasteiger partial charge in [-0.3, -0.25) is 9.52 Å². The number of carbonyl (C=O) groups is 1. The number of fused-ring (bicyclic) bond motifs is 1. The van der Waals surface area contributed by atoms with E-state index in [-0.39, 0.29) is 5.91 Å². The van der Waals surface area contributed by atoms with Crippen molar-refractivity contribution in [2.45, 2.75) is 37.3 Å². The van der Waals surface area contributed by atoms with Gasteiger partial charge in [0.2, 0.25) is 5.91 Å². The second-order valence-corrected chi connectivity index (χ2v) is 9.47. The molecule has 0 spiro atoms. The monoisotopic (exact) mass is 378 g/mol. The largest absolute Gasteiger partial charge is 0.312 e. The molecule has 1 aliphatic rings. The summed E-state index contributed by atoms with van der Waals surface area (Å²) < 4.78 is 27.6. The first-order valence-electron chi connectivity index (χ1n) is 8.36. The highest BCUT2D eigenvalue weighted by Gasteiger charge is 2.25. The molecule has 1 N–H and O–H groups in total. The van der Waals surface area contributed by atoms with Crippen molar-refractivity contribution in [3.63, 3.8) is 0 Å². The minimum atomic E-state index is -3.55. The van der Waals surface area contributed by atoms with Gasteiger partial charge in [-0.1, -0.05) is 19.9 Å². The molecular weight excluding hydrogens is 356 g/mol. The highest BCUT2D eigenvalue weighted by Crippen LogP contribution is 2.31. The van der Waals surface area contributed by atoms with Crippen molar-refractivity contribution in [2.75, 3.05) is 16.2 Å². The Morgan fingerprint density at radius 3 is 2.72 bits per heavy atom. The van der Waals surface area contributed by atoms with E-state index in [4.69, 9.17) is 0 Å². The standard InChI is InChI=1S/C18H22N2O3S2/c1-13(2)9-10-20-16-7-6-15(12-14(16)5-8-17(20)21)19-25(22,23)18-4-3-11-24-18/h3-4,6-7,11-13,19H,5,8-10H2,1-2H3. The lowest BCUT2D eigenvalue weighted by Gasteiger charge is -2.30. The first-order chi connectivity index (χ1) is 11.9. The molecule has 1 aliphatic heterocycles. The van der Waals surface area contributed by atoms with E-state index in [0.29, 0.717) is 35.2 Å². The number of rotatable bonds is 6. The van der Waals surface area contributed by atoms with E-state index < -0.39 is 10.0 Å². The molecular formula is C18H22N2O3S2. The third-order valence-corrected chi connectivity index (χ3v) is 7.00. The van der Waals surface area contributed by atoms with Crippen molar-refractivity contribution in [1.29, 1.82) is 0 Å². The Kier molecular flexibility index (Phi) is 5.15. The van der Waals surface area contributed by atoms with Crippen LogP contribution in [0.25, 0.3) is 0 Å². The number of benzene rings is 1. The maximum Gasteiger partial charge on any atom is 0.271 e. The highest BCUT2D eigenvalue weighted by molar-refractivity contribution is 7.94. The van der Waals surface area contributed by atoms with Crippen LogP contribution in [0.3, 0.4) is 0 Å². The fourth-order valence-electron chi connectivity index (χ4n) is 2.88. The molecule has 2 heterocycles. The number of sulfonamides is 1. The fraction of sp³-hybridized carbons (Fsp3) is 0.389. The number of carbonyl (C=O) groups excluding carboxylic acids is 1. The minimum Gasteiger partial charge on any atom is -0.312 e. The Balaban J connectivity index is 1.83. The number of hydrogen-bond acceptors (Lipinski definition) is 4.